The third-order valence-corrected chi connectivity index (χ3v) is 4.18. The van der Waals surface area contributed by atoms with Gasteiger partial charge in [-0.25, -0.2) is 0 Å². The molecule has 0 bridgehead atoms. The smallest absolute Gasteiger partial charge is 0.0713 e. The molecule has 1 aromatic carbocycles. The van der Waals surface area contributed by atoms with Crippen molar-refractivity contribution in [1.82, 2.24) is 0 Å². The summed E-state index contributed by atoms with van der Waals surface area (Å²) in [6, 6.07) is 9.01. The molecule has 1 fully saturated rings. The Kier molecular flexibility index (Phi) is 5.65. The molecule has 0 saturated heterocycles. The molecule has 0 aromatic heterocycles. The second-order valence-electron chi connectivity index (χ2n) is 5.62. The fraction of sp³-hybridized carbons (Fsp3) is 0.556. The van der Waals surface area contributed by atoms with Gasteiger partial charge in [-0.1, -0.05) is 43.3 Å². The molecule has 0 unspecified atom stereocenters. The van der Waals surface area contributed by atoms with Crippen LogP contribution in [0.4, 0.5) is 0 Å². The molecule has 0 spiro atoms. The molecule has 1 aromatic rings. The zero-order valence-corrected chi connectivity index (χ0v) is 12.3. The lowest BCUT2D eigenvalue weighted by Crippen LogP contribution is -2.11. The summed E-state index contributed by atoms with van der Waals surface area (Å²) in [5.41, 5.74) is 2.78. The highest BCUT2D eigenvalue weighted by molar-refractivity contribution is 5.25. The molecule has 1 aliphatic rings. The third-order valence-electron chi connectivity index (χ3n) is 4.18. The van der Waals surface area contributed by atoms with E-state index < -0.39 is 0 Å². The van der Waals surface area contributed by atoms with Gasteiger partial charge in [-0.05, 0) is 55.1 Å². The fourth-order valence-electron chi connectivity index (χ4n) is 3.03. The number of benzene rings is 1. The van der Waals surface area contributed by atoms with Crippen molar-refractivity contribution in [3.05, 3.63) is 47.5 Å². The van der Waals surface area contributed by atoms with Crippen LogP contribution in [-0.4, -0.2) is 7.11 Å². The minimum absolute atomic E-state index is 0.717. The van der Waals surface area contributed by atoms with Crippen molar-refractivity contribution in [2.24, 2.45) is 5.92 Å². The molecule has 1 saturated carbocycles. The summed E-state index contributed by atoms with van der Waals surface area (Å²) in [5, 5.41) is 0. The predicted octanol–water partition coefficient (Wildman–Crippen LogP) is 5.07. The van der Waals surface area contributed by atoms with Crippen LogP contribution in [0, 0.1) is 5.92 Å². The Labute approximate surface area is 117 Å². The summed E-state index contributed by atoms with van der Waals surface area (Å²) in [5.74, 6) is 1.59. The minimum atomic E-state index is 0.717. The van der Waals surface area contributed by atoms with E-state index in [0.717, 1.165) is 18.4 Å². The number of hydrogen-bond donors (Lipinski definition) is 0. The first-order valence-corrected chi connectivity index (χ1v) is 7.58. The lowest BCUT2D eigenvalue weighted by molar-refractivity contribution is 0.185. The molecule has 104 valence electrons. The number of rotatable bonds is 5. The Morgan fingerprint density at radius 1 is 1.11 bits per heavy atom. The van der Waals surface area contributed by atoms with Crippen LogP contribution in [0.15, 0.2) is 36.4 Å². The van der Waals surface area contributed by atoms with Gasteiger partial charge in [-0.3, -0.25) is 0 Å². The van der Waals surface area contributed by atoms with Gasteiger partial charge in [0.15, 0.2) is 0 Å². The van der Waals surface area contributed by atoms with Gasteiger partial charge in [0.05, 0.1) is 6.61 Å². The number of ether oxygens (including phenoxy) is 1. The van der Waals surface area contributed by atoms with Gasteiger partial charge in [0.1, 0.15) is 0 Å². The highest BCUT2D eigenvalue weighted by Crippen LogP contribution is 2.36. The summed E-state index contributed by atoms with van der Waals surface area (Å²) in [6.07, 6.45) is 11.3. The molecule has 1 aliphatic carbocycles. The van der Waals surface area contributed by atoms with E-state index >= 15 is 0 Å². The van der Waals surface area contributed by atoms with Gasteiger partial charge >= 0.3 is 0 Å². The van der Waals surface area contributed by atoms with Crippen LogP contribution in [-0.2, 0) is 11.3 Å². The lowest BCUT2D eigenvalue weighted by Gasteiger charge is -2.27. The molecule has 0 atom stereocenters. The van der Waals surface area contributed by atoms with Crippen LogP contribution in [0.3, 0.4) is 0 Å². The molecule has 2 rings (SSSR count). The van der Waals surface area contributed by atoms with Crippen molar-refractivity contribution in [2.45, 2.75) is 51.6 Å². The topological polar surface area (TPSA) is 9.23 Å². The van der Waals surface area contributed by atoms with Gasteiger partial charge < -0.3 is 4.74 Å². The Morgan fingerprint density at radius 3 is 2.37 bits per heavy atom. The molecule has 19 heavy (non-hydrogen) atoms. The Morgan fingerprint density at radius 2 is 1.79 bits per heavy atom. The zero-order chi connectivity index (χ0) is 13.5. The third kappa shape index (κ3) is 4.21. The summed E-state index contributed by atoms with van der Waals surface area (Å²) < 4.78 is 5.16. The second kappa shape index (κ2) is 7.49. The quantitative estimate of drug-likeness (QED) is 0.670. The van der Waals surface area contributed by atoms with Crippen molar-refractivity contribution in [1.29, 1.82) is 0 Å². The van der Waals surface area contributed by atoms with E-state index in [1.807, 2.05) is 0 Å². The van der Waals surface area contributed by atoms with Crippen molar-refractivity contribution >= 4 is 0 Å². The van der Waals surface area contributed by atoms with Gasteiger partial charge in [0, 0.05) is 7.11 Å². The van der Waals surface area contributed by atoms with Crippen molar-refractivity contribution in [3.63, 3.8) is 0 Å². The van der Waals surface area contributed by atoms with E-state index in [9.17, 15) is 0 Å². The molecular weight excluding hydrogens is 232 g/mol. The highest BCUT2D eigenvalue weighted by atomic mass is 16.5. The Bertz CT molecular complexity index is 383. The molecule has 0 radical (unpaired) electrons. The van der Waals surface area contributed by atoms with Crippen molar-refractivity contribution < 1.29 is 4.74 Å². The summed E-state index contributed by atoms with van der Waals surface area (Å²) in [4.78, 5) is 0. The number of hydrogen-bond acceptors (Lipinski definition) is 1. The Hall–Kier alpha value is -1.08. The van der Waals surface area contributed by atoms with Crippen LogP contribution >= 0.6 is 0 Å². The van der Waals surface area contributed by atoms with Crippen molar-refractivity contribution in [2.75, 3.05) is 7.11 Å². The molecular formula is C18H26O. The number of methoxy groups -OCH3 is 1. The SMILES string of the molecule is CC/C=C/[C@H]1CC[C@H](c2ccc(COC)cc2)CC1. The summed E-state index contributed by atoms with van der Waals surface area (Å²) in [7, 11) is 1.75. The van der Waals surface area contributed by atoms with E-state index in [2.05, 4.69) is 43.3 Å². The predicted molar refractivity (Wildman–Crippen MR) is 81.3 cm³/mol. The molecule has 1 nitrogen and oxygen atoms in total. The molecule has 1 heteroatoms. The monoisotopic (exact) mass is 258 g/mol. The Balaban J connectivity index is 1.88. The maximum Gasteiger partial charge on any atom is 0.0713 e. The van der Waals surface area contributed by atoms with Crippen molar-refractivity contribution in [3.8, 4) is 0 Å². The maximum atomic E-state index is 5.16. The van der Waals surface area contributed by atoms with E-state index in [1.165, 1.54) is 43.2 Å². The number of allylic oxidation sites excluding steroid dienone is 2. The largest absolute Gasteiger partial charge is 0.380 e. The maximum absolute atomic E-state index is 5.16. The lowest BCUT2D eigenvalue weighted by atomic mass is 9.78. The molecule has 0 amide bonds. The van der Waals surface area contributed by atoms with Crippen LogP contribution in [0.2, 0.25) is 0 Å². The summed E-state index contributed by atoms with van der Waals surface area (Å²) >= 11 is 0. The first-order chi connectivity index (χ1) is 9.33. The molecule has 0 aliphatic heterocycles. The van der Waals surface area contributed by atoms with Crippen LogP contribution in [0.1, 0.15) is 56.1 Å². The van der Waals surface area contributed by atoms with Crippen LogP contribution < -0.4 is 0 Å². The fourth-order valence-corrected chi connectivity index (χ4v) is 3.03. The minimum Gasteiger partial charge on any atom is -0.380 e. The van der Waals surface area contributed by atoms with Gasteiger partial charge in [0.25, 0.3) is 0 Å². The molecule has 0 heterocycles. The van der Waals surface area contributed by atoms with Crippen LogP contribution in [0.5, 0.6) is 0 Å². The highest BCUT2D eigenvalue weighted by Gasteiger charge is 2.20. The zero-order valence-electron chi connectivity index (χ0n) is 12.3. The standard InChI is InChI=1S/C18H26O/c1-3-4-5-15-6-10-17(11-7-15)18-12-8-16(9-13-18)14-19-2/h4-5,8-9,12-13,15,17H,3,6-7,10-11,14H2,1-2H3/b5-4+/t15-,17-. The van der Waals surface area contributed by atoms with E-state index in [-0.39, 0.29) is 0 Å². The average molecular weight is 258 g/mol. The average Bonchev–Trinajstić information content (AvgIpc) is 2.47. The van der Waals surface area contributed by atoms with Gasteiger partial charge in [0.2, 0.25) is 0 Å². The first kappa shape index (κ1) is 14.3. The van der Waals surface area contributed by atoms with E-state index in [4.69, 9.17) is 4.74 Å². The van der Waals surface area contributed by atoms with Gasteiger partial charge in [-0.2, -0.15) is 0 Å². The summed E-state index contributed by atoms with van der Waals surface area (Å²) in [6.45, 7) is 2.93. The second-order valence-corrected chi connectivity index (χ2v) is 5.62. The van der Waals surface area contributed by atoms with Gasteiger partial charge in [-0.15, -0.1) is 0 Å². The van der Waals surface area contributed by atoms with Crippen LogP contribution in [0.25, 0.3) is 0 Å². The molecule has 0 N–H and O–H groups in total. The first-order valence-electron chi connectivity index (χ1n) is 7.58. The van der Waals surface area contributed by atoms with E-state index in [0.29, 0.717) is 0 Å². The van der Waals surface area contributed by atoms with E-state index in [1.54, 1.807) is 7.11 Å². The normalized spacial score (nSPS) is 23.9.